The van der Waals surface area contributed by atoms with Crippen LogP contribution in [0.5, 0.6) is 11.5 Å². The van der Waals surface area contributed by atoms with Gasteiger partial charge < -0.3 is 24.8 Å². The molecule has 0 saturated heterocycles. The van der Waals surface area contributed by atoms with Crippen molar-refractivity contribution in [3.05, 3.63) is 54.1 Å². The van der Waals surface area contributed by atoms with Gasteiger partial charge in [0.2, 0.25) is 0 Å². The highest BCUT2D eigenvalue weighted by molar-refractivity contribution is 6.04. The molecule has 31 heavy (non-hydrogen) atoms. The fraction of sp³-hybridized carbons (Fsp3) is 0.348. The first-order valence-electron chi connectivity index (χ1n) is 10.1. The number of hydrogen-bond donors (Lipinski definition) is 2. The highest BCUT2D eigenvalue weighted by Gasteiger charge is 2.15. The van der Waals surface area contributed by atoms with Crippen LogP contribution in [0.2, 0.25) is 0 Å². The molecule has 8 nitrogen and oxygen atoms in total. The number of benzene rings is 2. The molecule has 0 fully saturated rings. The van der Waals surface area contributed by atoms with Crippen LogP contribution in [0.25, 0.3) is 0 Å². The minimum absolute atomic E-state index is 0.289. The van der Waals surface area contributed by atoms with Gasteiger partial charge in [-0.15, -0.1) is 0 Å². The van der Waals surface area contributed by atoms with Crippen molar-refractivity contribution in [1.29, 1.82) is 0 Å². The molecule has 0 aromatic heterocycles. The van der Waals surface area contributed by atoms with E-state index in [2.05, 4.69) is 10.6 Å². The number of hydrogen-bond acceptors (Lipinski definition) is 6. The molecule has 2 aromatic rings. The molecule has 0 radical (unpaired) electrons. The minimum atomic E-state index is -0.704. The van der Waals surface area contributed by atoms with Crippen molar-refractivity contribution in [3.8, 4) is 11.5 Å². The maximum absolute atomic E-state index is 12.3. The van der Waals surface area contributed by atoms with Crippen LogP contribution in [-0.4, -0.2) is 44.1 Å². The molecule has 2 N–H and O–H groups in total. The Morgan fingerprint density at radius 1 is 0.903 bits per heavy atom. The molecule has 0 atom stereocenters. The van der Waals surface area contributed by atoms with E-state index in [4.69, 9.17) is 14.2 Å². The highest BCUT2D eigenvalue weighted by atomic mass is 16.6. The van der Waals surface area contributed by atoms with Gasteiger partial charge in [0, 0.05) is 6.54 Å². The number of esters is 1. The molecular weight excluding hydrogens is 400 g/mol. The Hall–Kier alpha value is -3.55. The Morgan fingerprint density at radius 2 is 1.55 bits per heavy atom. The minimum Gasteiger partial charge on any atom is -0.490 e. The monoisotopic (exact) mass is 428 g/mol. The lowest BCUT2D eigenvalue weighted by Gasteiger charge is -2.13. The van der Waals surface area contributed by atoms with E-state index in [9.17, 15) is 14.4 Å². The summed E-state index contributed by atoms with van der Waals surface area (Å²) in [6, 6.07) is 13.6. The van der Waals surface area contributed by atoms with Crippen molar-refractivity contribution in [2.24, 2.45) is 5.92 Å². The second-order valence-corrected chi connectivity index (χ2v) is 7.03. The number of nitrogens with one attached hydrogen (secondary N) is 2. The van der Waals surface area contributed by atoms with Gasteiger partial charge >= 0.3 is 5.97 Å². The number of carbonyl (C=O) groups excluding carboxylic acids is 3. The van der Waals surface area contributed by atoms with Gasteiger partial charge in [0.15, 0.2) is 24.7 Å². The molecule has 0 unspecified atom stereocenters. The fourth-order valence-corrected chi connectivity index (χ4v) is 2.54. The third kappa shape index (κ3) is 8.00. The first-order chi connectivity index (χ1) is 14.9. The molecule has 0 aliphatic heterocycles. The normalized spacial score (nSPS) is 10.3. The zero-order chi connectivity index (χ0) is 22.6. The van der Waals surface area contributed by atoms with Crippen LogP contribution in [0, 0.1) is 5.92 Å². The Labute approximate surface area is 181 Å². The quantitative estimate of drug-likeness (QED) is 0.534. The number of ether oxygens (including phenoxy) is 3. The lowest BCUT2D eigenvalue weighted by atomic mass is 10.1. The van der Waals surface area contributed by atoms with E-state index >= 15 is 0 Å². The fourth-order valence-electron chi connectivity index (χ4n) is 2.54. The lowest BCUT2D eigenvalue weighted by Crippen LogP contribution is -2.29. The lowest BCUT2D eigenvalue weighted by molar-refractivity contribution is -0.149. The summed E-state index contributed by atoms with van der Waals surface area (Å²) in [5.74, 6) is -0.331. The predicted octanol–water partition coefficient (Wildman–Crippen LogP) is 3.03. The third-order valence-electron chi connectivity index (χ3n) is 3.98. The van der Waals surface area contributed by atoms with Gasteiger partial charge in [-0.05, 0) is 37.1 Å². The van der Waals surface area contributed by atoms with Crippen molar-refractivity contribution in [1.82, 2.24) is 5.32 Å². The summed E-state index contributed by atoms with van der Waals surface area (Å²) in [6.07, 6.45) is 0. The number of amides is 2. The van der Waals surface area contributed by atoms with Gasteiger partial charge in [-0.2, -0.15) is 0 Å². The van der Waals surface area contributed by atoms with Crippen molar-refractivity contribution >= 4 is 23.5 Å². The van der Waals surface area contributed by atoms with Crippen LogP contribution in [0.3, 0.4) is 0 Å². The van der Waals surface area contributed by atoms with Gasteiger partial charge in [0.1, 0.15) is 0 Å². The van der Waals surface area contributed by atoms with Crippen LogP contribution >= 0.6 is 0 Å². The Bertz CT molecular complexity index is 897. The molecule has 0 saturated carbocycles. The zero-order valence-electron chi connectivity index (χ0n) is 18.0. The van der Waals surface area contributed by atoms with E-state index in [1.807, 2.05) is 20.8 Å². The third-order valence-corrected chi connectivity index (χ3v) is 3.98. The second-order valence-electron chi connectivity index (χ2n) is 7.03. The number of carbonyl (C=O) groups is 3. The molecule has 0 bridgehead atoms. The molecule has 2 rings (SSSR count). The largest absolute Gasteiger partial charge is 0.490 e. The molecular formula is C23H28N2O6. The van der Waals surface area contributed by atoms with Crippen LogP contribution in [0.15, 0.2) is 48.5 Å². The highest BCUT2D eigenvalue weighted by Crippen LogP contribution is 2.26. The van der Waals surface area contributed by atoms with Gasteiger partial charge in [-0.3, -0.25) is 9.59 Å². The number of rotatable bonds is 11. The molecule has 0 aliphatic carbocycles. The first kappa shape index (κ1) is 23.7. The van der Waals surface area contributed by atoms with Crippen molar-refractivity contribution in [2.75, 3.05) is 31.7 Å². The van der Waals surface area contributed by atoms with Crippen LogP contribution < -0.4 is 20.1 Å². The smallest absolute Gasteiger partial charge is 0.344 e. The summed E-state index contributed by atoms with van der Waals surface area (Å²) in [7, 11) is 0. The SMILES string of the molecule is CCOc1ccccc1OCC(=O)OCC(=O)Nc1ccccc1C(=O)NCC(C)C. The Balaban J connectivity index is 1.84. The van der Waals surface area contributed by atoms with Crippen molar-refractivity contribution in [3.63, 3.8) is 0 Å². The van der Waals surface area contributed by atoms with Crippen LogP contribution in [-0.2, 0) is 14.3 Å². The van der Waals surface area contributed by atoms with E-state index in [1.54, 1.807) is 48.5 Å². The zero-order valence-corrected chi connectivity index (χ0v) is 18.0. The summed E-state index contributed by atoms with van der Waals surface area (Å²) in [5, 5.41) is 5.40. The Kier molecular flexibility index (Phi) is 9.35. The van der Waals surface area contributed by atoms with E-state index in [0.717, 1.165) is 0 Å². The van der Waals surface area contributed by atoms with Gasteiger partial charge in [-0.1, -0.05) is 38.1 Å². The summed E-state index contributed by atoms with van der Waals surface area (Å²) in [5.41, 5.74) is 0.672. The molecule has 2 amide bonds. The maximum Gasteiger partial charge on any atom is 0.344 e. The summed E-state index contributed by atoms with van der Waals surface area (Å²) >= 11 is 0. The molecule has 0 aliphatic rings. The molecule has 0 heterocycles. The molecule has 2 aromatic carbocycles. The van der Waals surface area contributed by atoms with Crippen molar-refractivity contribution < 1.29 is 28.6 Å². The molecule has 8 heteroatoms. The van der Waals surface area contributed by atoms with E-state index in [-0.39, 0.29) is 12.5 Å². The average Bonchev–Trinajstić information content (AvgIpc) is 2.76. The second kappa shape index (κ2) is 12.2. The topological polar surface area (TPSA) is 103 Å². The van der Waals surface area contributed by atoms with Crippen molar-refractivity contribution in [2.45, 2.75) is 20.8 Å². The Morgan fingerprint density at radius 3 is 2.23 bits per heavy atom. The van der Waals surface area contributed by atoms with Crippen LogP contribution in [0.4, 0.5) is 5.69 Å². The van der Waals surface area contributed by atoms with E-state index in [1.165, 1.54) is 0 Å². The molecule has 166 valence electrons. The van der Waals surface area contributed by atoms with Crippen LogP contribution in [0.1, 0.15) is 31.1 Å². The number of para-hydroxylation sites is 3. The summed E-state index contributed by atoms with van der Waals surface area (Å²) in [4.78, 5) is 36.5. The standard InChI is InChI=1S/C23H28N2O6/c1-4-29-19-11-7-8-12-20(19)30-15-22(27)31-14-21(26)25-18-10-6-5-9-17(18)23(28)24-13-16(2)3/h5-12,16H,4,13-15H2,1-3H3,(H,24,28)(H,25,26). The van der Waals surface area contributed by atoms with E-state index < -0.39 is 18.5 Å². The predicted molar refractivity (Wildman–Crippen MR) is 116 cm³/mol. The van der Waals surface area contributed by atoms with E-state index in [0.29, 0.717) is 41.8 Å². The van der Waals surface area contributed by atoms with Gasteiger partial charge in [0.05, 0.1) is 17.9 Å². The number of anilines is 1. The maximum atomic E-state index is 12.3. The van der Waals surface area contributed by atoms with Gasteiger partial charge in [-0.25, -0.2) is 4.79 Å². The average molecular weight is 428 g/mol. The molecule has 0 spiro atoms. The van der Waals surface area contributed by atoms with Gasteiger partial charge in [0.25, 0.3) is 11.8 Å². The summed E-state index contributed by atoms with van der Waals surface area (Å²) in [6.45, 7) is 5.93. The first-order valence-corrected chi connectivity index (χ1v) is 10.1. The summed E-state index contributed by atoms with van der Waals surface area (Å²) < 4.78 is 15.8.